The summed E-state index contributed by atoms with van der Waals surface area (Å²) in [6, 6.07) is 10.8. The summed E-state index contributed by atoms with van der Waals surface area (Å²) in [6.45, 7) is 8.34. The van der Waals surface area contributed by atoms with E-state index in [1.54, 1.807) is 18.2 Å². The van der Waals surface area contributed by atoms with Crippen LogP contribution in [0.5, 0.6) is 5.75 Å². The Morgan fingerprint density at radius 2 is 1.84 bits per heavy atom. The van der Waals surface area contributed by atoms with E-state index in [-0.39, 0.29) is 30.8 Å². The Morgan fingerprint density at radius 3 is 2.42 bits per heavy atom. The minimum atomic E-state index is -0.647. The minimum absolute atomic E-state index is 0.190. The Balaban J connectivity index is 2.19. The molecule has 0 saturated carbocycles. The summed E-state index contributed by atoms with van der Waals surface area (Å²) in [5, 5.41) is 2.91. The largest absolute Gasteiger partial charge is 0.484 e. The fourth-order valence-electron chi connectivity index (χ4n) is 3.06. The van der Waals surface area contributed by atoms with Gasteiger partial charge in [0.2, 0.25) is 5.91 Å². The molecule has 31 heavy (non-hydrogen) atoms. The highest BCUT2D eigenvalue weighted by Crippen LogP contribution is 2.22. The van der Waals surface area contributed by atoms with E-state index in [1.165, 1.54) is 17.0 Å². The number of nitrogens with zero attached hydrogens (tertiary/aromatic N) is 1. The molecule has 0 saturated heterocycles. The lowest BCUT2D eigenvalue weighted by molar-refractivity contribution is -0.143. The third kappa shape index (κ3) is 7.65. The maximum atomic E-state index is 13.3. The van der Waals surface area contributed by atoms with Crippen molar-refractivity contribution in [3.63, 3.8) is 0 Å². The molecule has 168 valence electrons. The Morgan fingerprint density at radius 1 is 1.16 bits per heavy atom. The van der Waals surface area contributed by atoms with E-state index < -0.39 is 6.04 Å². The highest BCUT2D eigenvalue weighted by molar-refractivity contribution is 9.10. The first-order valence-electron chi connectivity index (χ1n) is 10.4. The molecule has 5 nitrogen and oxygen atoms in total. The Bertz CT molecular complexity index is 887. The average molecular weight is 493 g/mol. The van der Waals surface area contributed by atoms with Crippen LogP contribution in [0.3, 0.4) is 0 Å². The molecule has 0 heterocycles. The van der Waals surface area contributed by atoms with Crippen molar-refractivity contribution in [3.05, 3.63) is 63.9 Å². The number of halogens is 2. The van der Waals surface area contributed by atoms with Gasteiger partial charge in [-0.05, 0) is 60.7 Å². The second kappa shape index (κ2) is 11.8. The van der Waals surface area contributed by atoms with Gasteiger partial charge >= 0.3 is 0 Å². The zero-order valence-corrected chi connectivity index (χ0v) is 20.0. The van der Waals surface area contributed by atoms with Crippen LogP contribution >= 0.6 is 15.9 Å². The minimum Gasteiger partial charge on any atom is -0.484 e. The van der Waals surface area contributed by atoms with Crippen molar-refractivity contribution in [2.45, 2.75) is 46.7 Å². The highest BCUT2D eigenvalue weighted by atomic mass is 79.9. The van der Waals surface area contributed by atoms with Crippen LogP contribution in [-0.2, 0) is 16.1 Å². The van der Waals surface area contributed by atoms with E-state index in [0.717, 1.165) is 15.6 Å². The van der Waals surface area contributed by atoms with Gasteiger partial charge in [0.1, 0.15) is 17.6 Å². The summed E-state index contributed by atoms with van der Waals surface area (Å²) in [5.74, 6) is 0.0136. The Kier molecular flexibility index (Phi) is 9.49. The molecule has 1 N–H and O–H groups in total. The number of hydrogen-bond donors (Lipinski definition) is 1. The fourth-order valence-corrected chi connectivity index (χ4v) is 3.31. The molecular formula is C24H30BrFN2O3. The number of aryl methyl sites for hydroxylation is 1. The number of nitrogens with one attached hydrogen (secondary N) is 1. The van der Waals surface area contributed by atoms with Gasteiger partial charge in [-0.3, -0.25) is 9.59 Å². The van der Waals surface area contributed by atoms with Crippen molar-refractivity contribution in [3.8, 4) is 5.75 Å². The van der Waals surface area contributed by atoms with Crippen molar-refractivity contribution in [2.75, 3.05) is 13.2 Å². The second-order valence-corrected chi connectivity index (χ2v) is 8.77. The average Bonchev–Trinajstić information content (AvgIpc) is 2.74. The van der Waals surface area contributed by atoms with Crippen molar-refractivity contribution >= 4 is 27.7 Å². The van der Waals surface area contributed by atoms with E-state index >= 15 is 0 Å². The molecule has 0 aromatic heterocycles. The first-order chi connectivity index (χ1) is 14.7. The van der Waals surface area contributed by atoms with Crippen LogP contribution in [0.1, 0.15) is 38.3 Å². The molecule has 2 aromatic rings. The Labute approximate surface area is 192 Å². The molecule has 2 rings (SSSR count). The van der Waals surface area contributed by atoms with Crippen molar-refractivity contribution in [1.82, 2.24) is 10.2 Å². The topological polar surface area (TPSA) is 58.6 Å². The zero-order chi connectivity index (χ0) is 23.0. The molecule has 0 bridgehead atoms. The van der Waals surface area contributed by atoms with Crippen molar-refractivity contribution < 1.29 is 18.7 Å². The van der Waals surface area contributed by atoms with Gasteiger partial charge in [-0.1, -0.05) is 48.8 Å². The third-order valence-electron chi connectivity index (χ3n) is 4.83. The molecule has 0 aliphatic carbocycles. The van der Waals surface area contributed by atoms with Gasteiger partial charge in [0, 0.05) is 17.6 Å². The van der Waals surface area contributed by atoms with E-state index in [0.29, 0.717) is 24.6 Å². The summed E-state index contributed by atoms with van der Waals surface area (Å²) in [6.07, 6.45) is 0.453. The number of carbonyl (C=O) groups is 2. The van der Waals surface area contributed by atoms with Crippen LogP contribution in [0.4, 0.5) is 4.39 Å². The smallest absolute Gasteiger partial charge is 0.261 e. The first kappa shape index (κ1) is 24.9. The van der Waals surface area contributed by atoms with Gasteiger partial charge in [-0.25, -0.2) is 4.39 Å². The highest BCUT2D eigenvalue weighted by Gasteiger charge is 2.29. The lowest BCUT2D eigenvalue weighted by Crippen LogP contribution is -2.50. The lowest BCUT2D eigenvalue weighted by atomic mass is 10.1. The number of hydrogen-bond acceptors (Lipinski definition) is 3. The van der Waals surface area contributed by atoms with E-state index in [4.69, 9.17) is 4.74 Å². The van der Waals surface area contributed by atoms with E-state index in [1.807, 2.05) is 39.8 Å². The third-order valence-corrected chi connectivity index (χ3v) is 5.72. The van der Waals surface area contributed by atoms with Crippen LogP contribution in [0.25, 0.3) is 0 Å². The number of benzene rings is 2. The summed E-state index contributed by atoms with van der Waals surface area (Å²) in [7, 11) is 0. The van der Waals surface area contributed by atoms with Gasteiger partial charge in [-0.15, -0.1) is 0 Å². The van der Waals surface area contributed by atoms with E-state index in [2.05, 4.69) is 21.2 Å². The Hall–Kier alpha value is -2.41. The molecule has 0 fully saturated rings. The summed E-state index contributed by atoms with van der Waals surface area (Å²) in [4.78, 5) is 27.4. The molecule has 0 spiro atoms. The number of rotatable bonds is 10. The normalized spacial score (nSPS) is 11.8. The standard InChI is InChI=1S/C24H30BrFN2O3/c1-5-22(24(30)27-13-16(2)3)28(14-18-6-8-19(26)9-7-18)23(29)15-31-20-10-11-21(25)17(4)12-20/h6-12,16,22H,5,13-15H2,1-4H3,(H,27,30)/t22-/m1/s1. The molecule has 0 aliphatic rings. The van der Waals surface area contributed by atoms with Crippen LogP contribution in [0, 0.1) is 18.7 Å². The first-order valence-corrected chi connectivity index (χ1v) is 11.2. The second-order valence-electron chi connectivity index (χ2n) is 7.91. The van der Waals surface area contributed by atoms with Crippen molar-refractivity contribution in [2.24, 2.45) is 5.92 Å². The fraction of sp³-hybridized carbons (Fsp3) is 0.417. The maximum absolute atomic E-state index is 13.3. The van der Waals surface area contributed by atoms with Crippen LogP contribution in [0.15, 0.2) is 46.9 Å². The van der Waals surface area contributed by atoms with Crippen LogP contribution in [-0.4, -0.2) is 35.9 Å². The molecule has 2 aromatic carbocycles. The van der Waals surface area contributed by atoms with Gasteiger partial charge in [-0.2, -0.15) is 0 Å². The van der Waals surface area contributed by atoms with Crippen molar-refractivity contribution in [1.29, 1.82) is 0 Å². The van der Waals surface area contributed by atoms with E-state index in [9.17, 15) is 14.0 Å². The number of carbonyl (C=O) groups excluding carboxylic acids is 2. The molecule has 2 amide bonds. The number of amides is 2. The molecule has 7 heteroatoms. The van der Waals surface area contributed by atoms with Gasteiger partial charge in [0.05, 0.1) is 0 Å². The monoisotopic (exact) mass is 492 g/mol. The molecule has 0 aliphatic heterocycles. The molecular weight excluding hydrogens is 463 g/mol. The SMILES string of the molecule is CC[C@H](C(=O)NCC(C)C)N(Cc1ccc(F)cc1)C(=O)COc1ccc(Br)c(C)c1. The summed E-state index contributed by atoms with van der Waals surface area (Å²) in [5.41, 5.74) is 1.73. The summed E-state index contributed by atoms with van der Waals surface area (Å²) < 4.78 is 20.0. The van der Waals surface area contributed by atoms with Crippen LogP contribution < -0.4 is 10.1 Å². The number of ether oxygens (including phenoxy) is 1. The predicted octanol–water partition coefficient (Wildman–Crippen LogP) is 4.86. The molecule has 1 atom stereocenters. The van der Waals surface area contributed by atoms with Gasteiger partial charge in [0.25, 0.3) is 5.91 Å². The molecule has 0 unspecified atom stereocenters. The van der Waals surface area contributed by atoms with Crippen LogP contribution in [0.2, 0.25) is 0 Å². The predicted molar refractivity (Wildman–Crippen MR) is 123 cm³/mol. The van der Waals surface area contributed by atoms with Gasteiger partial charge in [0.15, 0.2) is 6.61 Å². The maximum Gasteiger partial charge on any atom is 0.261 e. The zero-order valence-electron chi connectivity index (χ0n) is 18.5. The van der Waals surface area contributed by atoms with Gasteiger partial charge < -0.3 is 15.0 Å². The summed E-state index contributed by atoms with van der Waals surface area (Å²) >= 11 is 3.44. The molecule has 0 radical (unpaired) electrons. The quantitative estimate of drug-likeness (QED) is 0.515. The lowest BCUT2D eigenvalue weighted by Gasteiger charge is -2.30.